The molecule has 2 aliphatic rings. The molecule has 2 aliphatic carbocycles. The smallest absolute Gasteiger partial charge is 0.389 e. The standard InChI is InChI=1S/C28H30F4N6O3/c1-26(2,40)13-38-12-20(24(36-38)28(30,31)32)27(41)9-16-6-15(7-17(16)10-27)22-23(37(3)14-34-22)25(39)35-19-4-5-21(29)18(8-19)11-33/h4-5,8,12,14-17,40-41H,6-7,9-10,13H2,1-3H3,(H,35,39). The number of hydrogen-bond donors (Lipinski definition) is 3. The van der Waals surface area contributed by atoms with E-state index >= 15 is 0 Å². The van der Waals surface area contributed by atoms with E-state index < -0.39 is 34.8 Å². The Hall–Kier alpha value is -3.76. The normalized spacial score (nSPS) is 24.3. The van der Waals surface area contributed by atoms with Crippen LogP contribution in [0.15, 0.2) is 30.7 Å². The maximum Gasteiger partial charge on any atom is 0.435 e. The Bertz CT molecular complexity index is 1520. The van der Waals surface area contributed by atoms with Crippen LogP contribution in [0, 0.1) is 29.0 Å². The van der Waals surface area contributed by atoms with E-state index in [1.807, 2.05) is 0 Å². The Morgan fingerprint density at radius 2 is 1.90 bits per heavy atom. The molecule has 0 radical (unpaired) electrons. The van der Waals surface area contributed by atoms with Crippen LogP contribution in [0.25, 0.3) is 0 Å². The highest BCUT2D eigenvalue weighted by Gasteiger charge is 2.54. The molecule has 0 aliphatic heterocycles. The van der Waals surface area contributed by atoms with Crippen LogP contribution in [0.2, 0.25) is 0 Å². The quantitative estimate of drug-likeness (QED) is 0.373. The molecule has 2 atom stereocenters. The highest BCUT2D eigenvalue weighted by atomic mass is 19.4. The molecule has 218 valence electrons. The van der Waals surface area contributed by atoms with Gasteiger partial charge in [-0.1, -0.05) is 0 Å². The van der Waals surface area contributed by atoms with Gasteiger partial charge in [-0.15, -0.1) is 0 Å². The van der Waals surface area contributed by atoms with Crippen LogP contribution in [0.4, 0.5) is 23.2 Å². The SMILES string of the molecule is Cn1cnc(C2CC3CC(O)(c4cn(CC(C)(C)O)nc4C(F)(F)F)CC3C2)c1C(=O)Nc1ccc(F)c(C#N)c1. The number of nitrogens with one attached hydrogen (secondary N) is 1. The lowest BCUT2D eigenvalue weighted by atomic mass is 9.87. The number of anilines is 1. The van der Waals surface area contributed by atoms with Gasteiger partial charge in [-0.25, -0.2) is 9.37 Å². The first-order valence-corrected chi connectivity index (χ1v) is 13.2. The predicted octanol–water partition coefficient (Wildman–Crippen LogP) is 4.46. The minimum Gasteiger partial charge on any atom is -0.389 e. The molecule has 2 heterocycles. The second kappa shape index (κ2) is 9.95. The molecule has 2 aromatic heterocycles. The van der Waals surface area contributed by atoms with Crippen LogP contribution in [0.5, 0.6) is 0 Å². The fourth-order valence-corrected chi connectivity index (χ4v) is 6.46. The van der Waals surface area contributed by atoms with Gasteiger partial charge in [0.15, 0.2) is 5.69 Å². The minimum atomic E-state index is -4.77. The van der Waals surface area contributed by atoms with Crippen molar-refractivity contribution in [2.75, 3.05) is 5.32 Å². The van der Waals surface area contributed by atoms with Gasteiger partial charge < -0.3 is 20.1 Å². The molecule has 0 bridgehead atoms. The number of nitrogens with zero attached hydrogens (tertiary/aromatic N) is 5. The summed E-state index contributed by atoms with van der Waals surface area (Å²) >= 11 is 0. The first-order chi connectivity index (χ1) is 19.1. The lowest BCUT2D eigenvalue weighted by Crippen LogP contribution is -2.27. The fourth-order valence-electron chi connectivity index (χ4n) is 6.46. The second-order valence-electron chi connectivity index (χ2n) is 11.9. The molecular weight excluding hydrogens is 544 g/mol. The number of nitriles is 1. The van der Waals surface area contributed by atoms with Gasteiger partial charge in [0.25, 0.3) is 5.91 Å². The third-order valence-corrected chi connectivity index (χ3v) is 8.03. The summed E-state index contributed by atoms with van der Waals surface area (Å²) in [7, 11) is 1.66. The number of aromatic nitrogens is 4. The van der Waals surface area contributed by atoms with Crippen molar-refractivity contribution in [3.63, 3.8) is 0 Å². The highest BCUT2D eigenvalue weighted by Crippen LogP contribution is 2.58. The number of benzene rings is 1. The second-order valence-corrected chi connectivity index (χ2v) is 11.9. The molecule has 1 aromatic carbocycles. The van der Waals surface area contributed by atoms with Crippen LogP contribution >= 0.6 is 0 Å². The first kappa shape index (κ1) is 28.8. The minimum absolute atomic E-state index is 0.100. The zero-order valence-corrected chi connectivity index (χ0v) is 22.7. The predicted molar refractivity (Wildman–Crippen MR) is 138 cm³/mol. The number of fused-ring (bicyclic) bond motifs is 1. The van der Waals surface area contributed by atoms with Crippen LogP contribution in [-0.2, 0) is 25.4 Å². The maximum atomic E-state index is 13.9. The van der Waals surface area contributed by atoms with Crippen molar-refractivity contribution in [2.24, 2.45) is 18.9 Å². The number of aryl methyl sites for hydroxylation is 1. The molecule has 2 unspecified atom stereocenters. The summed E-state index contributed by atoms with van der Waals surface area (Å²) in [5.41, 5.74) is -3.58. The topological polar surface area (TPSA) is 129 Å². The van der Waals surface area contributed by atoms with E-state index in [-0.39, 0.29) is 54.0 Å². The van der Waals surface area contributed by atoms with E-state index in [4.69, 9.17) is 5.26 Å². The lowest BCUT2D eigenvalue weighted by Gasteiger charge is -2.25. The number of amides is 1. The molecule has 2 saturated carbocycles. The van der Waals surface area contributed by atoms with Gasteiger partial charge in [0.2, 0.25) is 0 Å². The number of imidazole rings is 1. The number of aliphatic hydroxyl groups is 2. The van der Waals surface area contributed by atoms with Gasteiger partial charge in [0.05, 0.1) is 35.3 Å². The largest absolute Gasteiger partial charge is 0.435 e. The number of carbonyl (C=O) groups excluding carboxylic acids is 1. The Morgan fingerprint density at radius 3 is 2.49 bits per heavy atom. The van der Waals surface area contributed by atoms with E-state index in [0.29, 0.717) is 24.2 Å². The van der Waals surface area contributed by atoms with Crippen LogP contribution in [0.1, 0.15) is 78.5 Å². The highest BCUT2D eigenvalue weighted by molar-refractivity contribution is 6.04. The Balaban J connectivity index is 1.34. The van der Waals surface area contributed by atoms with Gasteiger partial charge in [-0.2, -0.15) is 23.5 Å². The molecular formula is C28H30F4N6O3. The molecule has 0 saturated heterocycles. The molecule has 5 rings (SSSR count). The number of carbonyl (C=O) groups is 1. The molecule has 13 heteroatoms. The van der Waals surface area contributed by atoms with Gasteiger partial charge in [-0.3, -0.25) is 9.48 Å². The summed E-state index contributed by atoms with van der Waals surface area (Å²) in [5.74, 6) is -1.54. The third kappa shape index (κ3) is 5.58. The first-order valence-electron chi connectivity index (χ1n) is 13.2. The third-order valence-electron chi connectivity index (χ3n) is 8.03. The summed E-state index contributed by atoms with van der Waals surface area (Å²) in [4.78, 5) is 17.7. The molecule has 2 fully saturated rings. The Morgan fingerprint density at radius 1 is 1.24 bits per heavy atom. The van der Waals surface area contributed by atoms with Crippen molar-refractivity contribution < 1.29 is 32.6 Å². The molecule has 9 nitrogen and oxygen atoms in total. The number of halogens is 4. The molecule has 0 spiro atoms. The summed E-state index contributed by atoms with van der Waals surface area (Å²) in [5, 5.41) is 37.0. The summed E-state index contributed by atoms with van der Waals surface area (Å²) in [6.45, 7) is 2.76. The molecule has 3 aromatic rings. The van der Waals surface area contributed by atoms with Crippen molar-refractivity contribution in [2.45, 2.75) is 69.4 Å². The van der Waals surface area contributed by atoms with Crippen molar-refractivity contribution in [3.05, 3.63) is 64.7 Å². The average molecular weight is 575 g/mol. The van der Waals surface area contributed by atoms with Crippen molar-refractivity contribution in [1.29, 1.82) is 5.26 Å². The number of rotatable bonds is 6. The van der Waals surface area contributed by atoms with Crippen molar-refractivity contribution >= 4 is 11.6 Å². The average Bonchev–Trinajstić information content (AvgIpc) is 3.60. The molecule has 3 N–H and O–H groups in total. The van der Waals surface area contributed by atoms with E-state index in [1.165, 1.54) is 38.5 Å². The van der Waals surface area contributed by atoms with E-state index in [1.54, 1.807) is 17.7 Å². The Labute approximate surface area is 233 Å². The van der Waals surface area contributed by atoms with Gasteiger partial charge in [-0.05, 0) is 69.6 Å². The zero-order valence-electron chi connectivity index (χ0n) is 22.7. The molecule has 41 heavy (non-hydrogen) atoms. The summed E-state index contributed by atoms with van der Waals surface area (Å²) in [6, 6.07) is 5.42. The fraction of sp³-hybridized carbons (Fsp3) is 0.500. The molecule has 1 amide bonds. The Kier molecular flexibility index (Phi) is 6.98. The monoisotopic (exact) mass is 574 g/mol. The van der Waals surface area contributed by atoms with Crippen LogP contribution < -0.4 is 5.32 Å². The van der Waals surface area contributed by atoms with Gasteiger partial charge in [0, 0.05) is 30.4 Å². The van der Waals surface area contributed by atoms with E-state index in [2.05, 4.69) is 15.4 Å². The van der Waals surface area contributed by atoms with Crippen molar-refractivity contribution in [1.82, 2.24) is 19.3 Å². The number of alkyl halides is 3. The summed E-state index contributed by atoms with van der Waals surface area (Å²) < 4.78 is 58.0. The van der Waals surface area contributed by atoms with E-state index in [0.717, 1.165) is 10.7 Å². The van der Waals surface area contributed by atoms with Gasteiger partial charge in [0.1, 0.15) is 17.6 Å². The van der Waals surface area contributed by atoms with Crippen molar-refractivity contribution in [3.8, 4) is 6.07 Å². The lowest BCUT2D eigenvalue weighted by molar-refractivity contribution is -0.144. The van der Waals surface area contributed by atoms with Crippen LogP contribution in [0.3, 0.4) is 0 Å². The van der Waals surface area contributed by atoms with Crippen LogP contribution in [-0.4, -0.2) is 41.1 Å². The number of hydrogen-bond acceptors (Lipinski definition) is 6. The summed E-state index contributed by atoms with van der Waals surface area (Å²) in [6.07, 6.45) is -0.818. The zero-order chi connectivity index (χ0) is 29.9. The maximum absolute atomic E-state index is 13.9. The van der Waals surface area contributed by atoms with Gasteiger partial charge >= 0.3 is 6.18 Å². The van der Waals surface area contributed by atoms with E-state index in [9.17, 15) is 32.6 Å².